The second kappa shape index (κ2) is 7.12. The van der Waals surface area contributed by atoms with Gasteiger partial charge in [-0.2, -0.15) is 0 Å². The highest BCUT2D eigenvalue weighted by atomic mass is 16.5. The van der Waals surface area contributed by atoms with Gasteiger partial charge in [0.15, 0.2) is 0 Å². The van der Waals surface area contributed by atoms with Gasteiger partial charge < -0.3 is 9.64 Å². The number of ether oxygens (including phenoxy) is 1. The summed E-state index contributed by atoms with van der Waals surface area (Å²) in [5.41, 5.74) is 0.110. The molecule has 1 amide bonds. The molecule has 0 spiro atoms. The Morgan fingerprint density at radius 1 is 1.41 bits per heavy atom. The molecule has 1 fully saturated rings. The van der Waals surface area contributed by atoms with E-state index in [9.17, 15) is 9.59 Å². The number of hydrogen-bond acceptors (Lipinski definition) is 3. The summed E-state index contributed by atoms with van der Waals surface area (Å²) in [5.74, 6) is 0.407. The molecule has 2 unspecified atom stereocenters. The Morgan fingerprint density at radius 3 is 2.68 bits per heavy atom. The quantitative estimate of drug-likeness (QED) is 0.393. The molecule has 2 aliphatic carbocycles. The molecule has 0 aromatic heterocycles. The zero-order chi connectivity index (χ0) is 16.2. The van der Waals surface area contributed by atoms with Crippen molar-refractivity contribution in [2.45, 2.75) is 46.0 Å². The van der Waals surface area contributed by atoms with Crippen molar-refractivity contribution in [3.63, 3.8) is 0 Å². The molecule has 0 N–H and O–H groups in total. The van der Waals surface area contributed by atoms with Crippen molar-refractivity contribution >= 4 is 11.9 Å². The van der Waals surface area contributed by atoms with E-state index in [0.29, 0.717) is 18.0 Å². The molecule has 0 aromatic carbocycles. The van der Waals surface area contributed by atoms with E-state index in [-0.39, 0.29) is 23.9 Å². The minimum Gasteiger partial charge on any atom is -0.460 e. The lowest BCUT2D eigenvalue weighted by Crippen LogP contribution is -2.43. The van der Waals surface area contributed by atoms with E-state index in [2.05, 4.69) is 25.7 Å². The van der Waals surface area contributed by atoms with Crippen LogP contribution in [0.2, 0.25) is 0 Å². The largest absolute Gasteiger partial charge is 0.460 e. The predicted octanol–water partition coefficient (Wildman–Crippen LogP) is 3.09. The zero-order valence-corrected chi connectivity index (χ0v) is 13.8. The van der Waals surface area contributed by atoms with Crippen LogP contribution in [-0.2, 0) is 14.3 Å². The van der Waals surface area contributed by atoms with Gasteiger partial charge in [0.2, 0.25) is 5.91 Å². The summed E-state index contributed by atoms with van der Waals surface area (Å²) < 4.78 is 5.15. The summed E-state index contributed by atoms with van der Waals surface area (Å²) in [6.07, 6.45) is 9.36. The number of carbonyl (C=O) groups is 2. The Hall–Kier alpha value is -1.58. The van der Waals surface area contributed by atoms with Crippen LogP contribution in [0, 0.1) is 11.3 Å². The van der Waals surface area contributed by atoms with Crippen molar-refractivity contribution in [1.29, 1.82) is 0 Å². The summed E-state index contributed by atoms with van der Waals surface area (Å²) in [6.45, 7) is 8.76. The zero-order valence-electron chi connectivity index (χ0n) is 13.8. The van der Waals surface area contributed by atoms with Gasteiger partial charge >= 0.3 is 5.97 Å². The fourth-order valence-corrected chi connectivity index (χ4v) is 3.37. The molecule has 4 heteroatoms. The first-order valence-electron chi connectivity index (χ1n) is 8.30. The smallest absolute Gasteiger partial charge is 0.333 e. The molecule has 2 aliphatic rings. The Labute approximate surface area is 133 Å². The summed E-state index contributed by atoms with van der Waals surface area (Å²) in [6, 6.07) is 0. The molecular formula is C18H27NO3. The Balaban J connectivity index is 1.93. The average molecular weight is 305 g/mol. The van der Waals surface area contributed by atoms with Gasteiger partial charge in [0.1, 0.15) is 6.61 Å². The van der Waals surface area contributed by atoms with Crippen LogP contribution in [0.1, 0.15) is 46.0 Å². The first-order chi connectivity index (χ1) is 10.5. The maximum Gasteiger partial charge on any atom is 0.333 e. The Kier molecular flexibility index (Phi) is 5.43. The third-order valence-corrected chi connectivity index (χ3v) is 4.71. The second-order valence-electron chi connectivity index (χ2n) is 6.58. The van der Waals surface area contributed by atoms with Crippen LogP contribution in [0.5, 0.6) is 0 Å². The molecule has 122 valence electrons. The number of hydrogen-bond donors (Lipinski definition) is 0. The number of esters is 1. The highest BCUT2D eigenvalue weighted by molar-refractivity contribution is 5.87. The molecular weight excluding hydrogens is 278 g/mol. The molecule has 2 atom stereocenters. The van der Waals surface area contributed by atoms with Crippen LogP contribution in [0.3, 0.4) is 0 Å². The lowest BCUT2D eigenvalue weighted by atomic mass is 9.86. The van der Waals surface area contributed by atoms with Crippen molar-refractivity contribution in [3.8, 4) is 0 Å². The van der Waals surface area contributed by atoms with E-state index in [1.54, 1.807) is 6.92 Å². The van der Waals surface area contributed by atoms with Crippen LogP contribution < -0.4 is 0 Å². The van der Waals surface area contributed by atoms with Crippen LogP contribution >= 0.6 is 0 Å². The number of unbranched alkanes of at least 4 members (excludes halogenated alkanes) is 1. The molecule has 22 heavy (non-hydrogen) atoms. The van der Waals surface area contributed by atoms with E-state index in [1.807, 2.05) is 4.90 Å². The lowest BCUT2D eigenvalue weighted by molar-refractivity contribution is -0.144. The molecule has 2 bridgehead atoms. The number of allylic oxidation sites excluding steroid dienone is 1. The summed E-state index contributed by atoms with van der Waals surface area (Å²) >= 11 is 0. The van der Waals surface area contributed by atoms with Gasteiger partial charge in [-0.15, -0.1) is 0 Å². The summed E-state index contributed by atoms with van der Waals surface area (Å²) in [7, 11) is 0. The number of nitrogens with zero attached hydrogens (tertiary/aromatic N) is 1. The van der Waals surface area contributed by atoms with Gasteiger partial charge in [0.05, 0.1) is 12.0 Å². The molecule has 0 radical (unpaired) electrons. The van der Waals surface area contributed by atoms with E-state index in [1.165, 1.54) is 0 Å². The third kappa shape index (κ3) is 3.60. The third-order valence-electron chi connectivity index (χ3n) is 4.71. The van der Waals surface area contributed by atoms with E-state index in [4.69, 9.17) is 4.74 Å². The van der Waals surface area contributed by atoms with Gasteiger partial charge in [0, 0.05) is 12.1 Å². The van der Waals surface area contributed by atoms with Gasteiger partial charge in [-0.25, -0.2) is 4.79 Å². The fourth-order valence-electron chi connectivity index (χ4n) is 3.37. The van der Waals surface area contributed by atoms with Gasteiger partial charge in [0.25, 0.3) is 0 Å². The standard InChI is InChI=1S/C18H27NO3/c1-4-5-10-19(11-12-22-16(20)14(2)3)17(21)18-8-6-15(13-18)7-9-18/h6,8,15H,2,4-5,7,9-13H2,1,3H3. The number of amides is 1. The van der Waals surface area contributed by atoms with Gasteiger partial charge in [-0.1, -0.05) is 32.1 Å². The SMILES string of the molecule is C=C(C)C(=O)OCCN(CCCC)C(=O)C12C=CC(CC1)C2. The molecule has 4 nitrogen and oxygen atoms in total. The van der Waals surface area contributed by atoms with Crippen LogP contribution in [0.15, 0.2) is 24.3 Å². The van der Waals surface area contributed by atoms with Crippen molar-refractivity contribution in [2.24, 2.45) is 11.3 Å². The van der Waals surface area contributed by atoms with Crippen molar-refractivity contribution < 1.29 is 14.3 Å². The monoisotopic (exact) mass is 305 g/mol. The molecule has 2 rings (SSSR count). The van der Waals surface area contributed by atoms with E-state index >= 15 is 0 Å². The van der Waals surface area contributed by atoms with Crippen LogP contribution in [0.4, 0.5) is 0 Å². The maximum atomic E-state index is 13.0. The normalized spacial score (nSPS) is 25.3. The molecule has 0 saturated heterocycles. The molecule has 0 heterocycles. The minimum atomic E-state index is -0.386. The van der Waals surface area contributed by atoms with E-state index in [0.717, 1.165) is 38.6 Å². The molecule has 0 aliphatic heterocycles. The first kappa shape index (κ1) is 16.8. The number of fused-ring (bicyclic) bond motifs is 2. The maximum absolute atomic E-state index is 13.0. The van der Waals surface area contributed by atoms with Crippen LogP contribution in [-0.4, -0.2) is 36.5 Å². The fraction of sp³-hybridized carbons (Fsp3) is 0.667. The lowest BCUT2D eigenvalue weighted by Gasteiger charge is -2.31. The summed E-state index contributed by atoms with van der Waals surface area (Å²) in [4.78, 5) is 26.3. The van der Waals surface area contributed by atoms with E-state index < -0.39 is 0 Å². The topological polar surface area (TPSA) is 46.6 Å². The molecule has 0 aromatic rings. The van der Waals surface area contributed by atoms with Crippen LogP contribution in [0.25, 0.3) is 0 Å². The molecule has 1 saturated carbocycles. The Morgan fingerprint density at radius 2 is 2.18 bits per heavy atom. The first-order valence-corrected chi connectivity index (χ1v) is 8.30. The van der Waals surface area contributed by atoms with Crippen molar-refractivity contribution in [2.75, 3.05) is 19.7 Å². The average Bonchev–Trinajstić information content (AvgIpc) is 3.11. The van der Waals surface area contributed by atoms with Gasteiger partial charge in [-0.05, 0) is 38.5 Å². The predicted molar refractivity (Wildman–Crippen MR) is 86.2 cm³/mol. The van der Waals surface area contributed by atoms with Crippen molar-refractivity contribution in [3.05, 3.63) is 24.3 Å². The van der Waals surface area contributed by atoms with Crippen molar-refractivity contribution in [1.82, 2.24) is 4.90 Å². The summed E-state index contributed by atoms with van der Waals surface area (Å²) in [5, 5.41) is 0. The highest BCUT2D eigenvalue weighted by Crippen LogP contribution is 2.50. The number of rotatable bonds is 8. The van der Waals surface area contributed by atoms with Gasteiger partial charge in [-0.3, -0.25) is 4.79 Å². The Bertz CT molecular complexity index is 483. The second-order valence-corrected chi connectivity index (χ2v) is 6.58. The number of carbonyl (C=O) groups excluding carboxylic acids is 2. The highest BCUT2D eigenvalue weighted by Gasteiger charge is 2.47. The minimum absolute atomic E-state index is 0.212.